The van der Waals surface area contributed by atoms with Gasteiger partial charge in [-0.15, -0.1) is 0 Å². The van der Waals surface area contributed by atoms with Crippen molar-refractivity contribution in [1.29, 1.82) is 0 Å². The fourth-order valence-corrected chi connectivity index (χ4v) is 3.61. The molecular weight excluding hydrogens is 385 g/mol. The highest BCUT2D eigenvalue weighted by molar-refractivity contribution is 6.76. The molecule has 3 rings (SSSR count). The van der Waals surface area contributed by atoms with Crippen molar-refractivity contribution in [2.45, 2.75) is 32.4 Å². The van der Waals surface area contributed by atoms with E-state index in [0.29, 0.717) is 34.4 Å². The molecule has 0 radical (unpaired) electrons. The molecule has 0 aliphatic heterocycles. The maximum atomic E-state index is 13.9. The van der Waals surface area contributed by atoms with Gasteiger partial charge in [0, 0.05) is 25.6 Å². The molecule has 0 aliphatic carbocycles. The Morgan fingerprint density at radius 3 is 2.67 bits per heavy atom. The number of hydrogen-bond acceptors (Lipinski definition) is 4. The minimum Gasteiger partial charge on any atom is -0.496 e. The number of benzene rings is 1. The summed E-state index contributed by atoms with van der Waals surface area (Å²) in [5.74, 6) is 0.180. The Bertz CT molecular complexity index is 956. The number of methoxy groups -OCH3 is 1. The van der Waals surface area contributed by atoms with E-state index >= 15 is 0 Å². The van der Waals surface area contributed by atoms with Gasteiger partial charge in [0.15, 0.2) is 5.65 Å². The van der Waals surface area contributed by atoms with Gasteiger partial charge in [-0.3, -0.25) is 0 Å². The molecule has 0 fully saturated rings. The SMILES string of the molecule is COc1ccc(F)cc1-c1nn(COCC[Si](C)(C)C)c2nc(Cl)ccc12. The molecule has 0 bridgehead atoms. The molecular formula is C19H23ClFN3O2Si. The van der Waals surface area contributed by atoms with E-state index in [-0.39, 0.29) is 12.5 Å². The summed E-state index contributed by atoms with van der Waals surface area (Å²) in [6, 6.07) is 8.93. The minimum absolute atomic E-state index is 0.256. The van der Waals surface area contributed by atoms with E-state index in [1.165, 1.54) is 12.1 Å². The first-order chi connectivity index (χ1) is 12.8. The number of aromatic nitrogens is 3. The van der Waals surface area contributed by atoms with Crippen molar-refractivity contribution in [3.05, 3.63) is 41.3 Å². The summed E-state index contributed by atoms with van der Waals surface area (Å²) in [5, 5.41) is 5.75. The molecule has 144 valence electrons. The number of ether oxygens (including phenoxy) is 2. The predicted octanol–water partition coefficient (Wildman–Crippen LogP) is 5.21. The van der Waals surface area contributed by atoms with Crippen molar-refractivity contribution in [2.24, 2.45) is 0 Å². The molecule has 5 nitrogen and oxygen atoms in total. The van der Waals surface area contributed by atoms with E-state index in [1.54, 1.807) is 23.9 Å². The average Bonchev–Trinajstić information content (AvgIpc) is 2.95. The van der Waals surface area contributed by atoms with Gasteiger partial charge in [-0.05, 0) is 36.4 Å². The number of fused-ring (bicyclic) bond motifs is 1. The average molecular weight is 408 g/mol. The van der Waals surface area contributed by atoms with Crippen LogP contribution in [0.15, 0.2) is 30.3 Å². The van der Waals surface area contributed by atoms with Crippen LogP contribution in [-0.4, -0.2) is 36.6 Å². The molecule has 0 aliphatic rings. The molecule has 0 atom stereocenters. The van der Waals surface area contributed by atoms with Gasteiger partial charge in [0.2, 0.25) is 0 Å². The van der Waals surface area contributed by atoms with E-state index < -0.39 is 8.07 Å². The summed E-state index contributed by atoms with van der Waals surface area (Å²) in [7, 11) is 0.372. The van der Waals surface area contributed by atoms with Crippen LogP contribution in [0.5, 0.6) is 5.75 Å². The molecule has 0 spiro atoms. The summed E-state index contributed by atoms with van der Waals surface area (Å²) in [6.45, 7) is 7.82. The molecule has 1 aromatic carbocycles. The van der Waals surface area contributed by atoms with Crippen LogP contribution in [0.1, 0.15) is 0 Å². The van der Waals surface area contributed by atoms with E-state index in [4.69, 9.17) is 21.1 Å². The van der Waals surface area contributed by atoms with Crippen molar-refractivity contribution in [3.8, 4) is 17.0 Å². The van der Waals surface area contributed by atoms with Crippen molar-refractivity contribution >= 4 is 30.7 Å². The third kappa shape index (κ3) is 4.66. The fraction of sp³-hybridized carbons (Fsp3) is 0.368. The van der Waals surface area contributed by atoms with Crippen LogP contribution < -0.4 is 4.74 Å². The summed E-state index contributed by atoms with van der Waals surface area (Å²) in [4.78, 5) is 4.39. The number of hydrogen-bond donors (Lipinski definition) is 0. The third-order valence-corrected chi connectivity index (χ3v) is 6.10. The van der Waals surface area contributed by atoms with Gasteiger partial charge in [0.25, 0.3) is 0 Å². The second-order valence-electron chi connectivity index (χ2n) is 7.55. The van der Waals surface area contributed by atoms with Gasteiger partial charge in [0.1, 0.15) is 29.1 Å². The van der Waals surface area contributed by atoms with Crippen LogP contribution in [0.3, 0.4) is 0 Å². The Morgan fingerprint density at radius 1 is 1.19 bits per heavy atom. The Morgan fingerprint density at radius 2 is 1.96 bits per heavy atom. The summed E-state index contributed by atoms with van der Waals surface area (Å²) < 4.78 is 26.7. The lowest BCUT2D eigenvalue weighted by atomic mass is 10.1. The zero-order chi connectivity index (χ0) is 19.6. The molecule has 27 heavy (non-hydrogen) atoms. The van der Waals surface area contributed by atoms with Gasteiger partial charge in [0.05, 0.1) is 7.11 Å². The zero-order valence-corrected chi connectivity index (χ0v) is 17.7. The van der Waals surface area contributed by atoms with E-state index in [9.17, 15) is 4.39 Å². The minimum atomic E-state index is -1.17. The lowest BCUT2D eigenvalue weighted by molar-refractivity contribution is 0.0814. The van der Waals surface area contributed by atoms with Gasteiger partial charge in [-0.25, -0.2) is 14.1 Å². The van der Waals surface area contributed by atoms with E-state index in [1.807, 2.05) is 6.07 Å². The molecule has 0 N–H and O–H groups in total. The molecule has 0 unspecified atom stereocenters. The predicted molar refractivity (Wildman–Crippen MR) is 109 cm³/mol. The fourth-order valence-electron chi connectivity index (χ4n) is 2.71. The molecule has 8 heteroatoms. The molecule has 3 aromatic rings. The van der Waals surface area contributed by atoms with Crippen molar-refractivity contribution in [1.82, 2.24) is 14.8 Å². The number of pyridine rings is 1. The van der Waals surface area contributed by atoms with Gasteiger partial charge < -0.3 is 9.47 Å². The van der Waals surface area contributed by atoms with Crippen molar-refractivity contribution in [3.63, 3.8) is 0 Å². The highest BCUT2D eigenvalue weighted by Gasteiger charge is 2.18. The van der Waals surface area contributed by atoms with Crippen LogP contribution in [-0.2, 0) is 11.5 Å². The first-order valence-electron chi connectivity index (χ1n) is 8.73. The van der Waals surface area contributed by atoms with Crippen LogP contribution in [0, 0.1) is 5.82 Å². The molecule has 2 aromatic heterocycles. The molecule has 0 saturated carbocycles. The summed E-state index contributed by atoms with van der Waals surface area (Å²) >= 11 is 6.08. The summed E-state index contributed by atoms with van der Waals surface area (Å²) in [5.41, 5.74) is 1.74. The van der Waals surface area contributed by atoms with Crippen LogP contribution in [0.2, 0.25) is 30.8 Å². The van der Waals surface area contributed by atoms with Crippen molar-refractivity contribution in [2.75, 3.05) is 13.7 Å². The Labute approximate surface area is 164 Å². The first kappa shape index (κ1) is 19.8. The number of halogens is 2. The van der Waals surface area contributed by atoms with Crippen molar-refractivity contribution < 1.29 is 13.9 Å². The lowest BCUT2D eigenvalue weighted by Gasteiger charge is -2.15. The number of rotatable bonds is 7. The second-order valence-corrected chi connectivity index (χ2v) is 13.6. The Kier molecular flexibility index (Phi) is 5.83. The largest absolute Gasteiger partial charge is 0.496 e. The smallest absolute Gasteiger partial charge is 0.162 e. The van der Waals surface area contributed by atoms with Gasteiger partial charge >= 0.3 is 0 Å². The molecule has 2 heterocycles. The lowest BCUT2D eigenvalue weighted by Crippen LogP contribution is -2.22. The number of nitrogens with zero attached hydrogens (tertiary/aromatic N) is 3. The van der Waals surface area contributed by atoms with E-state index in [0.717, 1.165) is 11.4 Å². The zero-order valence-electron chi connectivity index (χ0n) is 15.9. The Balaban J connectivity index is 1.99. The quantitative estimate of drug-likeness (QED) is 0.306. The summed E-state index contributed by atoms with van der Waals surface area (Å²) in [6.07, 6.45) is 0. The maximum Gasteiger partial charge on any atom is 0.162 e. The third-order valence-electron chi connectivity index (χ3n) is 4.19. The van der Waals surface area contributed by atoms with Gasteiger partial charge in [-0.2, -0.15) is 5.10 Å². The monoisotopic (exact) mass is 407 g/mol. The standard InChI is InChI=1S/C19H23ClFN3O2Si/c1-25-16-7-5-13(21)11-15(16)18-14-6-8-17(20)22-19(14)24(23-18)12-26-9-10-27(2,3)4/h5-8,11H,9-10,12H2,1-4H3. The second kappa shape index (κ2) is 7.96. The Hall–Kier alpha value is -1.96. The van der Waals surface area contributed by atoms with E-state index in [2.05, 4.69) is 29.7 Å². The highest BCUT2D eigenvalue weighted by atomic mass is 35.5. The molecule has 0 saturated heterocycles. The van der Waals surface area contributed by atoms with Crippen LogP contribution in [0.4, 0.5) is 4.39 Å². The normalized spacial score (nSPS) is 11.9. The molecule has 0 amide bonds. The maximum absolute atomic E-state index is 13.9. The van der Waals surface area contributed by atoms with Crippen LogP contribution >= 0.6 is 11.6 Å². The van der Waals surface area contributed by atoms with Gasteiger partial charge in [-0.1, -0.05) is 31.2 Å². The highest BCUT2D eigenvalue weighted by Crippen LogP contribution is 2.34. The first-order valence-corrected chi connectivity index (χ1v) is 12.8. The van der Waals surface area contributed by atoms with Crippen LogP contribution in [0.25, 0.3) is 22.3 Å². The topological polar surface area (TPSA) is 49.2 Å².